The first kappa shape index (κ1) is 12.6. The Labute approximate surface area is 94.3 Å². The van der Waals surface area contributed by atoms with Crippen molar-refractivity contribution in [1.29, 1.82) is 0 Å². The summed E-state index contributed by atoms with van der Waals surface area (Å²) < 4.78 is 14.9. The van der Waals surface area contributed by atoms with Gasteiger partial charge in [0.2, 0.25) is 5.78 Å². The molecule has 0 aliphatic rings. The number of carbonyl (C=O) groups is 1. The maximum absolute atomic E-state index is 11.7. The Hall–Kier alpha value is -1.46. The lowest BCUT2D eigenvalue weighted by atomic mass is 10.2. The van der Waals surface area contributed by atoms with Gasteiger partial charge in [0, 0.05) is 13.3 Å². The average Bonchev–Trinajstić information content (AvgIpc) is 2.34. The Bertz CT molecular complexity index is 341. The molecule has 16 heavy (non-hydrogen) atoms. The molecule has 0 fully saturated rings. The van der Waals surface area contributed by atoms with Crippen LogP contribution in [0.1, 0.15) is 10.5 Å². The third-order valence-electron chi connectivity index (χ3n) is 1.92. The van der Waals surface area contributed by atoms with E-state index in [9.17, 15) is 4.79 Å². The molecule has 0 saturated heterocycles. The number of pyridine rings is 1. The first-order chi connectivity index (χ1) is 7.79. The van der Waals surface area contributed by atoms with E-state index in [1.165, 1.54) is 7.11 Å². The smallest absolute Gasteiger partial charge is 0.210 e. The number of rotatable bonds is 7. The molecule has 1 aromatic rings. The standard InChI is InChI=1S/C11H15NO4/c1-14-6-7-16-8-9(13)11-10(15-2)4-3-5-12-11/h3-5H,6-8H2,1-2H3. The number of nitrogens with zero attached hydrogens (tertiary/aromatic N) is 1. The summed E-state index contributed by atoms with van der Waals surface area (Å²) in [6.07, 6.45) is 1.55. The second-order valence-electron chi connectivity index (χ2n) is 3.02. The van der Waals surface area contributed by atoms with Gasteiger partial charge in [-0.3, -0.25) is 4.79 Å². The highest BCUT2D eigenvalue weighted by atomic mass is 16.5. The van der Waals surface area contributed by atoms with E-state index in [2.05, 4.69) is 4.98 Å². The Balaban J connectivity index is 2.52. The third-order valence-corrected chi connectivity index (χ3v) is 1.92. The zero-order valence-electron chi connectivity index (χ0n) is 9.43. The largest absolute Gasteiger partial charge is 0.494 e. The summed E-state index contributed by atoms with van der Waals surface area (Å²) in [7, 11) is 3.08. The fourth-order valence-corrected chi connectivity index (χ4v) is 1.14. The molecule has 0 aromatic carbocycles. The minimum absolute atomic E-state index is 0.0171. The maximum Gasteiger partial charge on any atom is 0.210 e. The van der Waals surface area contributed by atoms with E-state index in [1.54, 1.807) is 25.4 Å². The van der Waals surface area contributed by atoms with E-state index in [0.717, 1.165) is 0 Å². The van der Waals surface area contributed by atoms with Crippen LogP contribution in [0.15, 0.2) is 18.3 Å². The zero-order chi connectivity index (χ0) is 11.8. The van der Waals surface area contributed by atoms with Gasteiger partial charge >= 0.3 is 0 Å². The van der Waals surface area contributed by atoms with E-state index in [4.69, 9.17) is 14.2 Å². The monoisotopic (exact) mass is 225 g/mol. The second kappa shape index (κ2) is 6.92. The number of ether oxygens (including phenoxy) is 3. The summed E-state index contributed by atoms with van der Waals surface area (Å²) in [5.74, 6) is 0.261. The minimum Gasteiger partial charge on any atom is -0.494 e. The van der Waals surface area contributed by atoms with Gasteiger partial charge in [0.05, 0.1) is 20.3 Å². The van der Waals surface area contributed by atoms with Crippen LogP contribution in [0.25, 0.3) is 0 Å². The Morgan fingerprint density at radius 1 is 1.38 bits per heavy atom. The van der Waals surface area contributed by atoms with Crippen LogP contribution in [0.5, 0.6) is 5.75 Å². The van der Waals surface area contributed by atoms with Crippen molar-refractivity contribution in [3.63, 3.8) is 0 Å². The van der Waals surface area contributed by atoms with Crippen molar-refractivity contribution in [3.8, 4) is 5.75 Å². The SMILES string of the molecule is COCCOCC(=O)c1ncccc1OC. The molecule has 1 rings (SSSR count). The molecule has 0 unspecified atom stereocenters. The van der Waals surface area contributed by atoms with Gasteiger partial charge in [0.25, 0.3) is 0 Å². The van der Waals surface area contributed by atoms with Crippen molar-refractivity contribution < 1.29 is 19.0 Å². The van der Waals surface area contributed by atoms with Gasteiger partial charge in [-0.25, -0.2) is 4.98 Å². The first-order valence-corrected chi connectivity index (χ1v) is 4.88. The Morgan fingerprint density at radius 3 is 2.88 bits per heavy atom. The lowest BCUT2D eigenvalue weighted by Gasteiger charge is -2.06. The fourth-order valence-electron chi connectivity index (χ4n) is 1.14. The maximum atomic E-state index is 11.7. The third kappa shape index (κ3) is 3.60. The van der Waals surface area contributed by atoms with Crippen LogP contribution < -0.4 is 4.74 Å². The molecule has 0 saturated carbocycles. The van der Waals surface area contributed by atoms with Crippen molar-refractivity contribution in [2.24, 2.45) is 0 Å². The van der Waals surface area contributed by atoms with E-state index in [1.807, 2.05) is 0 Å². The first-order valence-electron chi connectivity index (χ1n) is 4.88. The van der Waals surface area contributed by atoms with E-state index >= 15 is 0 Å². The van der Waals surface area contributed by atoms with Crippen LogP contribution in [0.4, 0.5) is 0 Å². The second-order valence-corrected chi connectivity index (χ2v) is 3.02. The lowest BCUT2D eigenvalue weighted by Crippen LogP contribution is -2.14. The summed E-state index contributed by atoms with van der Waals surface area (Å²) >= 11 is 0. The lowest BCUT2D eigenvalue weighted by molar-refractivity contribution is 0.0571. The quantitative estimate of drug-likeness (QED) is 0.510. The number of hydrogen-bond acceptors (Lipinski definition) is 5. The Kier molecular flexibility index (Phi) is 5.45. The molecule has 0 N–H and O–H groups in total. The summed E-state index contributed by atoms with van der Waals surface area (Å²) in [5, 5.41) is 0. The number of carbonyl (C=O) groups excluding carboxylic acids is 1. The van der Waals surface area contributed by atoms with Crippen molar-refractivity contribution in [2.45, 2.75) is 0 Å². The van der Waals surface area contributed by atoms with Crippen LogP contribution in [0, 0.1) is 0 Å². The molecule has 0 spiro atoms. The minimum atomic E-state index is -0.200. The molecule has 88 valence electrons. The van der Waals surface area contributed by atoms with Crippen LogP contribution >= 0.6 is 0 Å². The molecule has 1 aromatic heterocycles. The van der Waals surface area contributed by atoms with Gasteiger partial charge < -0.3 is 14.2 Å². The van der Waals surface area contributed by atoms with E-state index < -0.39 is 0 Å². The summed E-state index contributed by atoms with van der Waals surface area (Å²) in [5.41, 5.74) is 0.294. The zero-order valence-corrected chi connectivity index (χ0v) is 9.43. The highest BCUT2D eigenvalue weighted by Crippen LogP contribution is 2.14. The molecule has 0 aliphatic heterocycles. The van der Waals surface area contributed by atoms with Crippen molar-refractivity contribution >= 4 is 5.78 Å². The molecule has 0 aliphatic carbocycles. The molecule has 0 radical (unpaired) electrons. The predicted molar refractivity (Wildman–Crippen MR) is 57.8 cm³/mol. The van der Waals surface area contributed by atoms with Crippen LogP contribution in [0.2, 0.25) is 0 Å². The number of aromatic nitrogens is 1. The van der Waals surface area contributed by atoms with Gasteiger partial charge in [-0.05, 0) is 12.1 Å². The highest BCUT2D eigenvalue weighted by Gasteiger charge is 2.12. The predicted octanol–water partition coefficient (Wildman–Crippen LogP) is 0.936. The molecule has 0 amide bonds. The van der Waals surface area contributed by atoms with Crippen LogP contribution in [-0.4, -0.2) is 44.8 Å². The Morgan fingerprint density at radius 2 is 2.19 bits per heavy atom. The topological polar surface area (TPSA) is 57.7 Å². The normalized spacial score (nSPS) is 10.1. The summed E-state index contributed by atoms with van der Waals surface area (Å²) in [4.78, 5) is 15.6. The van der Waals surface area contributed by atoms with Gasteiger partial charge in [-0.15, -0.1) is 0 Å². The summed E-state index contributed by atoms with van der Waals surface area (Å²) in [6, 6.07) is 3.40. The fraction of sp³-hybridized carbons (Fsp3) is 0.455. The number of hydrogen-bond donors (Lipinski definition) is 0. The molecule has 5 heteroatoms. The number of Topliss-reactive ketones (excluding diaryl/α,β-unsaturated/α-hetero) is 1. The van der Waals surface area contributed by atoms with Gasteiger partial charge in [-0.2, -0.15) is 0 Å². The van der Waals surface area contributed by atoms with Gasteiger partial charge in [0.1, 0.15) is 12.4 Å². The molecule has 5 nitrogen and oxygen atoms in total. The van der Waals surface area contributed by atoms with Gasteiger partial charge in [-0.1, -0.05) is 0 Å². The number of ketones is 1. The van der Waals surface area contributed by atoms with Crippen LogP contribution in [-0.2, 0) is 9.47 Å². The highest BCUT2D eigenvalue weighted by molar-refractivity contribution is 5.97. The molecular formula is C11H15NO4. The molecule has 0 atom stereocenters. The van der Waals surface area contributed by atoms with Crippen molar-refractivity contribution in [1.82, 2.24) is 4.98 Å². The molecule has 0 bridgehead atoms. The van der Waals surface area contributed by atoms with Crippen LogP contribution in [0.3, 0.4) is 0 Å². The molecule has 1 heterocycles. The average molecular weight is 225 g/mol. The van der Waals surface area contributed by atoms with Gasteiger partial charge in [0.15, 0.2) is 5.69 Å². The summed E-state index contributed by atoms with van der Waals surface area (Å²) in [6.45, 7) is 0.834. The van der Waals surface area contributed by atoms with Crippen molar-refractivity contribution in [2.75, 3.05) is 34.0 Å². The van der Waals surface area contributed by atoms with E-state index in [0.29, 0.717) is 24.7 Å². The van der Waals surface area contributed by atoms with Crippen molar-refractivity contribution in [3.05, 3.63) is 24.0 Å². The van der Waals surface area contributed by atoms with E-state index in [-0.39, 0.29) is 12.4 Å². The number of methoxy groups -OCH3 is 2. The molecular weight excluding hydrogens is 210 g/mol.